The van der Waals surface area contributed by atoms with Gasteiger partial charge < -0.3 is 10.2 Å². The van der Waals surface area contributed by atoms with E-state index in [1.54, 1.807) is 12.1 Å². The Morgan fingerprint density at radius 3 is 2.46 bits per heavy atom. The highest BCUT2D eigenvalue weighted by molar-refractivity contribution is 5.60. The van der Waals surface area contributed by atoms with Gasteiger partial charge in [0.1, 0.15) is 5.82 Å². The third kappa shape index (κ3) is 8.40. The fourth-order valence-corrected chi connectivity index (χ4v) is 3.95. The number of nitrogens with zero attached hydrogens (tertiary/aromatic N) is 2. The molecular formula is C31H40FN3. The molecule has 1 N–H and O–H groups in total. The van der Waals surface area contributed by atoms with Crippen molar-refractivity contribution in [3.63, 3.8) is 0 Å². The SMILES string of the molecule is C=C/C=c1/cc(-c2cccc(F)c2)nc/c1=C(/C)NC(/C=C\C(=C/CC)N(CCC)CCC)=C/C. The molecule has 0 spiro atoms. The maximum absolute atomic E-state index is 13.7. The van der Waals surface area contributed by atoms with Crippen molar-refractivity contribution in [3.8, 4) is 11.3 Å². The lowest BCUT2D eigenvalue weighted by Crippen LogP contribution is -2.31. The lowest BCUT2D eigenvalue weighted by Gasteiger charge is -2.25. The first-order valence-electron chi connectivity index (χ1n) is 12.6. The molecule has 186 valence electrons. The van der Waals surface area contributed by atoms with Crippen LogP contribution in [-0.2, 0) is 0 Å². The number of halogens is 1. The number of allylic oxidation sites excluding steroid dienone is 5. The average molecular weight is 474 g/mol. The highest BCUT2D eigenvalue weighted by Crippen LogP contribution is 2.15. The third-order valence-electron chi connectivity index (χ3n) is 5.60. The van der Waals surface area contributed by atoms with E-state index in [9.17, 15) is 4.39 Å². The van der Waals surface area contributed by atoms with Gasteiger partial charge in [0.2, 0.25) is 0 Å². The number of aromatic nitrogens is 1. The molecule has 0 fully saturated rings. The molecular weight excluding hydrogens is 433 g/mol. The summed E-state index contributed by atoms with van der Waals surface area (Å²) in [4.78, 5) is 7.07. The molecule has 1 heterocycles. The highest BCUT2D eigenvalue weighted by atomic mass is 19.1. The van der Waals surface area contributed by atoms with Crippen molar-refractivity contribution < 1.29 is 4.39 Å². The summed E-state index contributed by atoms with van der Waals surface area (Å²) >= 11 is 0. The van der Waals surface area contributed by atoms with Gasteiger partial charge in [-0.2, -0.15) is 0 Å². The van der Waals surface area contributed by atoms with Gasteiger partial charge >= 0.3 is 0 Å². The van der Waals surface area contributed by atoms with Gasteiger partial charge in [0.15, 0.2) is 0 Å². The predicted octanol–water partition coefficient (Wildman–Crippen LogP) is 6.45. The molecule has 0 aliphatic carbocycles. The molecule has 0 aliphatic heterocycles. The van der Waals surface area contributed by atoms with Crippen molar-refractivity contribution in [2.45, 2.75) is 53.9 Å². The van der Waals surface area contributed by atoms with Crippen LogP contribution in [0.4, 0.5) is 4.39 Å². The number of rotatable bonds is 12. The number of benzene rings is 1. The van der Waals surface area contributed by atoms with E-state index in [2.05, 4.69) is 66.9 Å². The number of pyridine rings is 1. The first-order chi connectivity index (χ1) is 17.0. The van der Waals surface area contributed by atoms with E-state index >= 15 is 0 Å². The van der Waals surface area contributed by atoms with Crippen molar-refractivity contribution in [1.82, 2.24) is 15.2 Å². The number of hydrogen-bond acceptors (Lipinski definition) is 3. The Labute approximate surface area is 210 Å². The summed E-state index contributed by atoms with van der Waals surface area (Å²) in [7, 11) is 0. The molecule has 0 amide bonds. The van der Waals surface area contributed by atoms with Gasteiger partial charge in [0, 0.05) is 47.2 Å². The molecule has 0 saturated carbocycles. The van der Waals surface area contributed by atoms with Crippen LogP contribution in [0, 0.1) is 5.82 Å². The standard InChI is InChI=1S/C31H40FN3/c1-7-13-25-22-31(26-15-12-16-27(32)21-26)33-23-30(25)24(6)34-28(11-5)17-18-29(14-8-2)35(19-9-3)20-10-4/h7,11-18,21-23,34H,1,8-10,19-20H2,2-6H3/b18-17-,25-13-,28-11+,29-14+,30-24+. The minimum atomic E-state index is -0.274. The molecule has 0 saturated heterocycles. The van der Waals surface area contributed by atoms with E-state index in [1.165, 1.54) is 17.8 Å². The highest BCUT2D eigenvalue weighted by Gasteiger charge is 2.06. The smallest absolute Gasteiger partial charge is 0.123 e. The van der Waals surface area contributed by atoms with Crippen LogP contribution in [0.1, 0.15) is 53.9 Å². The van der Waals surface area contributed by atoms with E-state index < -0.39 is 0 Å². The van der Waals surface area contributed by atoms with E-state index in [-0.39, 0.29) is 5.82 Å². The van der Waals surface area contributed by atoms with Gasteiger partial charge in [-0.05, 0) is 68.7 Å². The molecule has 2 aromatic rings. The van der Waals surface area contributed by atoms with Crippen LogP contribution in [0.2, 0.25) is 0 Å². The van der Waals surface area contributed by atoms with Crippen LogP contribution in [0.25, 0.3) is 23.0 Å². The summed E-state index contributed by atoms with van der Waals surface area (Å²) in [6, 6.07) is 8.47. The number of hydrogen-bond donors (Lipinski definition) is 1. The zero-order chi connectivity index (χ0) is 25.6. The Morgan fingerprint density at radius 1 is 1.11 bits per heavy atom. The minimum Gasteiger partial charge on any atom is -0.372 e. The summed E-state index contributed by atoms with van der Waals surface area (Å²) in [6.07, 6.45) is 17.5. The van der Waals surface area contributed by atoms with Gasteiger partial charge in [0.25, 0.3) is 0 Å². The van der Waals surface area contributed by atoms with Gasteiger partial charge in [-0.3, -0.25) is 4.98 Å². The maximum Gasteiger partial charge on any atom is 0.123 e. The Hall–Kier alpha value is -3.40. The Kier molecular flexibility index (Phi) is 11.8. The summed E-state index contributed by atoms with van der Waals surface area (Å²) in [5.74, 6) is -0.274. The van der Waals surface area contributed by atoms with Gasteiger partial charge in [0.05, 0.1) is 5.69 Å². The summed E-state index contributed by atoms with van der Waals surface area (Å²) < 4.78 is 13.7. The summed E-state index contributed by atoms with van der Waals surface area (Å²) in [5.41, 5.74) is 4.72. The quantitative estimate of drug-likeness (QED) is 0.359. The molecule has 2 rings (SSSR count). The van der Waals surface area contributed by atoms with Gasteiger partial charge in [-0.15, -0.1) is 0 Å². The Morgan fingerprint density at radius 2 is 1.86 bits per heavy atom. The lowest BCUT2D eigenvalue weighted by molar-refractivity contribution is 0.353. The molecule has 0 unspecified atom stereocenters. The molecule has 0 aliphatic rings. The maximum atomic E-state index is 13.7. The van der Waals surface area contributed by atoms with Crippen LogP contribution in [0.5, 0.6) is 0 Å². The molecule has 0 bridgehead atoms. The zero-order valence-corrected chi connectivity index (χ0v) is 21.9. The molecule has 0 atom stereocenters. The van der Waals surface area contributed by atoms with Crippen molar-refractivity contribution in [2.24, 2.45) is 0 Å². The van der Waals surface area contributed by atoms with Gasteiger partial charge in [-0.1, -0.05) is 63.8 Å². The van der Waals surface area contributed by atoms with E-state index in [0.29, 0.717) is 0 Å². The average Bonchev–Trinajstić information content (AvgIpc) is 2.85. The van der Waals surface area contributed by atoms with Crippen LogP contribution in [0.15, 0.2) is 84.9 Å². The Balaban J connectivity index is 2.40. The topological polar surface area (TPSA) is 28.2 Å². The molecule has 3 nitrogen and oxygen atoms in total. The van der Waals surface area contributed by atoms with Crippen LogP contribution < -0.4 is 15.8 Å². The number of nitrogens with one attached hydrogen (secondary N) is 1. The lowest BCUT2D eigenvalue weighted by atomic mass is 10.1. The first kappa shape index (κ1) is 27.8. The molecule has 35 heavy (non-hydrogen) atoms. The minimum absolute atomic E-state index is 0.274. The molecule has 1 aromatic heterocycles. The van der Waals surface area contributed by atoms with Crippen molar-refractivity contribution >= 4 is 11.8 Å². The van der Waals surface area contributed by atoms with Crippen LogP contribution in [0.3, 0.4) is 0 Å². The predicted molar refractivity (Wildman–Crippen MR) is 149 cm³/mol. The largest absolute Gasteiger partial charge is 0.372 e. The van der Waals surface area contributed by atoms with Crippen molar-refractivity contribution in [1.29, 1.82) is 0 Å². The summed E-state index contributed by atoms with van der Waals surface area (Å²) in [5, 5.41) is 5.49. The molecule has 0 radical (unpaired) electrons. The summed E-state index contributed by atoms with van der Waals surface area (Å²) in [6.45, 7) is 16.7. The van der Waals surface area contributed by atoms with Crippen molar-refractivity contribution in [2.75, 3.05) is 13.1 Å². The van der Waals surface area contributed by atoms with Gasteiger partial charge in [-0.25, -0.2) is 4.39 Å². The van der Waals surface area contributed by atoms with Crippen LogP contribution in [-0.4, -0.2) is 23.0 Å². The molecule has 4 heteroatoms. The Bertz CT molecular complexity index is 1180. The fraction of sp³-hybridized carbons (Fsp3) is 0.323. The van der Waals surface area contributed by atoms with E-state index in [4.69, 9.17) is 0 Å². The molecule has 1 aromatic carbocycles. The second-order valence-corrected chi connectivity index (χ2v) is 8.42. The fourth-order valence-electron chi connectivity index (χ4n) is 3.95. The van der Waals surface area contributed by atoms with Crippen LogP contribution >= 0.6 is 0 Å². The monoisotopic (exact) mass is 473 g/mol. The normalized spacial score (nSPS) is 13.8. The zero-order valence-electron chi connectivity index (χ0n) is 21.9. The van der Waals surface area contributed by atoms with Crippen molar-refractivity contribution in [3.05, 3.63) is 101 Å². The first-order valence-corrected chi connectivity index (χ1v) is 12.6. The van der Waals surface area contributed by atoms with E-state index in [0.717, 1.165) is 65.4 Å². The van der Waals surface area contributed by atoms with E-state index in [1.807, 2.05) is 38.3 Å². The third-order valence-corrected chi connectivity index (χ3v) is 5.60. The second-order valence-electron chi connectivity index (χ2n) is 8.42. The second kappa shape index (κ2) is 14.8.